The summed E-state index contributed by atoms with van der Waals surface area (Å²) in [6, 6.07) is 8.35. The van der Waals surface area contributed by atoms with Crippen LogP contribution in [0.25, 0.3) is 0 Å². The molecular formula is C18H32N2O2. The van der Waals surface area contributed by atoms with Crippen molar-refractivity contribution in [1.82, 2.24) is 0 Å². The molecule has 1 aromatic carbocycles. The third kappa shape index (κ3) is 8.49. The van der Waals surface area contributed by atoms with Gasteiger partial charge in [0.05, 0.1) is 0 Å². The SMILES string of the molecule is CCCCOC(N)Cc1cccc(CC(N)OCCCC)c1. The van der Waals surface area contributed by atoms with Gasteiger partial charge in [0.15, 0.2) is 0 Å². The van der Waals surface area contributed by atoms with E-state index >= 15 is 0 Å². The fourth-order valence-electron chi connectivity index (χ4n) is 2.22. The number of hydrogen-bond acceptors (Lipinski definition) is 4. The van der Waals surface area contributed by atoms with Crippen molar-refractivity contribution in [2.45, 2.75) is 64.8 Å². The molecule has 2 atom stereocenters. The van der Waals surface area contributed by atoms with Gasteiger partial charge >= 0.3 is 0 Å². The summed E-state index contributed by atoms with van der Waals surface area (Å²) < 4.78 is 11.2. The minimum atomic E-state index is -0.240. The molecule has 1 aromatic rings. The average molecular weight is 308 g/mol. The molecule has 4 heteroatoms. The predicted molar refractivity (Wildman–Crippen MR) is 91.5 cm³/mol. The number of nitrogens with two attached hydrogens (primary N) is 2. The summed E-state index contributed by atoms with van der Waals surface area (Å²) in [4.78, 5) is 0. The van der Waals surface area contributed by atoms with Gasteiger partial charge < -0.3 is 20.9 Å². The van der Waals surface area contributed by atoms with Crippen molar-refractivity contribution in [2.75, 3.05) is 13.2 Å². The van der Waals surface area contributed by atoms with Crippen LogP contribution in [0.3, 0.4) is 0 Å². The summed E-state index contributed by atoms with van der Waals surface area (Å²) in [7, 11) is 0. The van der Waals surface area contributed by atoms with E-state index < -0.39 is 0 Å². The Morgan fingerprint density at radius 2 is 1.32 bits per heavy atom. The van der Waals surface area contributed by atoms with E-state index in [1.807, 2.05) is 6.07 Å². The van der Waals surface area contributed by atoms with Gasteiger partial charge in [-0.2, -0.15) is 0 Å². The predicted octanol–water partition coefficient (Wildman–Crippen LogP) is 2.97. The second kappa shape index (κ2) is 11.6. The molecular weight excluding hydrogens is 276 g/mol. The largest absolute Gasteiger partial charge is 0.363 e. The number of ether oxygens (including phenoxy) is 2. The van der Waals surface area contributed by atoms with Crippen LogP contribution < -0.4 is 11.5 Å². The first kappa shape index (κ1) is 19.1. The molecule has 0 aromatic heterocycles. The first-order valence-electron chi connectivity index (χ1n) is 8.47. The Morgan fingerprint density at radius 1 is 0.864 bits per heavy atom. The van der Waals surface area contributed by atoms with E-state index in [2.05, 4.69) is 32.0 Å². The van der Waals surface area contributed by atoms with Gasteiger partial charge in [-0.1, -0.05) is 51.0 Å². The Balaban J connectivity index is 2.41. The fourth-order valence-corrected chi connectivity index (χ4v) is 2.22. The number of hydrogen-bond donors (Lipinski definition) is 2. The van der Waals surface area contributed by atoms with Gasteiger partial charge in [0.25, 0.3) is 0 Å². The smallest absolute Gasteiger partial charge is 0.109 e. The first-order chi connectivity index (χ1) is 10.7. The summed E-state index contributed by atoms with van der Waals surface area (Å²) in [6.07, 6.45) is 5.33. The van der Waals surface area contributed by atoms with Gasteiger partial charge in [-0.3, -0.25) is 0 Å². The lowest BCUT2D eigenvalue weighted by Crippen LogP contribution is -2.28. The van der Waals surface area contributed by atoms with Crippen molar-refractivity contribution in [2.24, 2.45) is 11.5 Å². The summed E-state index contributed by atoms with van der Waals surface area (Å²) in [5.41, 5.74) is 14.4. The van der Waals surface area contributed by atoms with Crippen molar-refractivity contribution >= 4 is 0 Å². The van der Waals surface area contributed by atoms with E-state index in [-0.39, 0.29) is 12.5 Å². The molecule has 0 heterocycles. The highest BCUT2D eigenvalue weighted by Gasteiger charge is 2.07. The molecule has 4 N–H and O–H groups in total. The summed E-state index contributed by atoms with van der Waals surface area (Å²) in [5.74, 6) is 0. The Morgan fingerprint density at radius 3 is 1.73 bits per heavy atom. The van der Waals surface area contributed by atoms with Crippen LogP contribution in [-0.4, -0.2) is 25.7 Å². The number of unbranched alkanes of at least 4 members (excludes halogenated alkanes) is 2. The maximum atomic E-state index is 6.01. The molecule has 126 valence electrons. The van der Waals surface area contributed by atoms with Crippen molar-refractivity contribution in [3.8, 4) is 0 Å². The first-order valence-corrected chi connectivity index (χ1v) is 8.47. The maximum absolute atomic E-state index is 6.01. The lowest BCUT2D eigenvalue weighted by molar-refractivity contribution is 0.0554. The van der Waals surface area contributed by atoms with E-state index in [1.165, 1.54) is 11.1 Å². The standard InChI is InChI=1S/C18H32N2O2/c1-3-5-10-21-17(19)13-15-8-7-9-16(12-15)14-18(20)22-11-6-4-2/h7-9,12,17-18H,3-6,10-11,13-14,19-20H2,1-2H3. The summed E-state index contributed by atoms with van der Waals surface area (Å²) >= 11 is 0. The topological polar surface area (TPSA) is 70.5 Å². The van der Waals surface area contributed by atoms with Crippen LogP contribution in [0.4, 0.5) is 0 Å². The highest BCUT2D eigenvalue weighted by atomic mass is 16.5. The van der Waals surface area contributed by atoms with Crippen LogP contribution in [-0.2, 0) is 22.3 Å². The lowest BCUT2D eigenvalue weighted by Gasteiger charge is -2.15. The quantitative estimate of drug-likeness (QED) is 0.460. The molecule has 0 saturated carbocycles. The van der Waals surface area contributed by atoms with Gasteiger partial charge in [-0.05, 0) is 24.0 Å². The third-order valence-corrected chi connectivity index (χ3v) is 3.52. The molecule has 0 fully saturated rings. The van der Waals surface area contributed by atoms with Gasteiger partial charge in [0.1, 0.15) is 12.5 Å². The van der Waals surface area contributed by atoms with Crippen LogP contribution in [0.5, 0.6) is 0 Å². The van der Waals surface area contributed by atoms with Crippen LogP contribution in [0.1, 0.15) is 50.7 Å². The summed E-state index contributed by atoms with van der Waals surface area (Å²) in [5, 5.41) is 0. The minimum absolute atomic E-state index is 0.240. The van der Waals surface area contributed by atoms with Crippen molar-refractivity contribution < 1.29 is 9.47 Å². The van der Waals surface area contributed by atoms with Gasteiger partial charge in [0, 0.05) is 26.1 Å². The molecule has 0 radical (unpaired) electrons. The van der Waals surface area contributed by atoms with Crippen LogP contribution >= 0.6 is 0 Å². The van der Waals surface area contributed by atoms with E-state index in [0.29, 0.717) is 0 Å². The van der Waals surface area contributed by atoms with E-state index in [0.717, 1.165) is 51.7 Å². The zero-order chi connectivity index (χ0) is 16.2. The second-order valence-corrected chi connectivity index (χ2v) is 5.75. The summed E-state index contributed by atoms with van der Waals surface area (Å²) in [6.45, 7) is 5.75. The fraction of sp³-hybridized carbons (Fsp3) is 0.667. The van der Waals surface area contributed by atoms with Crippen LogP contribution in [0.2, 0.25) is 0 Å². The van der Waals surface area contributed by atoms with Gasteiger partial charge in [0.2, 0.25) is 0 Å². The number of benzene rings is 1. The monoisotopic (exact) mass is 308 g/mol. The van der Waals surface area contributed by atoms with Gasteiger partial charge in [-0.15, -0.1) is 0 Å². The van der Waals surface area contributed by atoms with Gasteiger partial charge in [-0.25, -0.2) is 0 Å². The molecule has 1 rings (SSSR count). The molecule has 4 nitrogen and oxygen atoms in total. The highest BCUT2D eigenvalue weighted by molar-refractivity contribution is 5.24. The van der Waals surface area contributed by atoms with E-state index in [9.17, 15) is 0 Å². The van der Waals surface area contributed by atoms with Crippen LogP contribution in [0.15, 0.2) is 24.3 Å². The Labute approximate surface area is 135 Å². The zero-order valence-electron chi connectivity index (χ0n) is 14.1. The molecule has 0 spiro atoms. The molecule has 0 aliphatic heterocycles. The molecule has 0 saturated heterocycles. The molecule has 2 unspecified atom stereocenters. The van der Waals surface area contributed by atoms with E-state index in [4.69, 9.17) is 20.9 Å². The molecule has 0 bridgehead atoms. The normalized spacial score (nSPS) is 14.0. The molecule has 22 heavy (non-hydrogen) atoms. The van der Waals surface area contributed by atoms with E-state index in [1.54, 1.807) is 0 Å². The lowest BCUT2D eigenvalue weighted by atomic mass is 10.0. The zero-order valence-corrected chi connectivity index (χ0v) is 14.1. The molecule has 0 aliphatic rings. The van der Waals surface area contributed by atoms with Crippen LogP contribution in [0, 0.1) is 0 Å². The highest BCUT2D eigenvalue weighted by Crippen LogP contribution is 2.10. The second-order valence-electron chi connectivity index (χ2n) is 5.75. The third-order valence-electron chi connectivity index (χ3n) is 3.52. The van der Waals surface area contributed by atoms with Crippen molar-refractivity contribution in [3.05, 3.63) is 35.4 Å². The number of rotatable bonds is 12. The molecule has 0 aliphatic carbocycles. The minimum Gasteiger partial charge on any atom is -0.363 e. The van der Waals surface area contributed by atoms with Crippen molar-refractivity contribution in [3.63, 3.8) is 0 Å². The average Bonchev–Trinajstić information content (AvgIpc) is 2.48. The Hall–Kier alpha value is -0.940. The Kier molecular flexibility index (Phi) is 10.1. The Bertz CT molecular complexity index is 365. The molecule has 0 amide bonds. The maximum Gasteiger partial charge on any atom is 0.109 e. The van der Waals surface area contributed by atoms with Crippen molar-refractivity contribution in [1.29, 1.82) is 0 Å².